The largest absolute Gasteiger partial charge is 0.283 e. The molecule has 0 atom stereocenters. The minimum Gasteiger partial charge on any atom is -0.267 e. The van der Waals surface area contributed by atoms with Gasteiger partial charge in [0.15, 0.2) is 0 Å². The first-order chi connectivity index (χ1) is 11.1. The summed E-state index contributed by atoms with van der Waals surface area (Å²) >= 11 is 0. The number of hydrazine groups is 1. The Bertz CT molecular complexity index is 707. The van der Waals surface area contributed by atoms with E-state index in [1.54, 1.807) is 0 Å². The van der Waals surface area contributed by atoms with Crippen molar-refractivity contribution in [3.05, 3.63) is 71.8 Å². The first-order valence-electron chi connectivity index (χ1n) is 7.63. The molecule has 0 N–H and O–H groups in total. The third kappa shape index (κ3) is 2.52. The maximum Gasteiger partial charge on any atom is 0.283 e. The molecule has 0 radical (unpaired) electrons. The fraction of sp³-hybridized carbons (Fsp3) is 0.158. The maximum atomic E-state index is 12.9. The van der Waals surface area contributed by atoms with Crippen LogP contribution in [0.2, 0.25) is 0 Å². The van der Waals surface area contributed by atoms with Crippen molar-refractivity contribution >= 4 is 23.2 Å². The highest BCUT2D eigenvalue weighted by Gasteiger charge is 2.43. The van der Waals surface area contributed by atoms with E-state index in [0.29, 0.717) is 17.8 Å². The highest BCUT2D eigenvalue weighted by atomic mass is 16.2. The Kier molecular flexibility index (Phi) is 3.98. The summed E-state index contributed by atoms with van der Waals surface area (Å²) in [5, 5.41) is 2.90. The van der Waals surface area contributed by atoms with E-state index >= 15 is 0 Å². The molecule has 1 fully saturated rings. The SMILES string of the molecule is CCC(C)=C1C(=O)N(c2ccccc2)N(c2ccccc2)C1=O. The van der Waals surface area contributed by atoms with Gasteiger partial charge in [-0.15, -0.1) is 0 Å². The number of amides is 2. The molecule has 2 aromatic rings. The molecule has 1 aliphatic rings. The van der Waals surface area contributed by atoms with E-state index in [2.05, 4.69) is 0 Å². The number of hydrogen-bond donors (Lipinski definition) is 0. The highest BCUT2D eigenvalue weighted by Crippen LogP contribution is 2.32. The van der Waals surface area contributed by atoms with Crippen LogP contribution in [0.1, 0.15) is 20.3 Å². The molecule has 2 aromatic carbocycles. The van der Waals surface area contributed by atoms with E-state index in [1.807, 2.05) is 74.5 Å². The molecule has 23 heavy (non-hydrogen) atoms. The lowest BCUT2D eigenvalue weighted by molar-refractivity contribution is -0.116. The Morgan fingerprint density at radius 3 is 1.52 bits per heavy atom. The summed E-state index contributed by atoms with van der Waals surface area (Å²) in [5.74, 6) is -0.547. The quantitative estimate of drug-likeness (QED) is 0.640. The molecule has 4 heteroatoms. The van der Waals surface area contributed by atoms with Crippen LogP contribution >= 0.6 is 0 Å². The van der Waals surface area contributed by atoms with Crippen molar-refractivity contribution in [1.82, 2.24) is 0 Å². The molecular formula is C19H18N2O2. The first kappa shape index (κ1) is 15.0. The molecule has 116 valence electrons. The number of nitrogens with zero attached hydrogens (tertiary/aromatic N) is 2. The predicted octanol–water partition coefficient (Wildman–Crippen LogP) is 3.71. The summed E-state index contributed by atoms with van der Waals surface area (Å²) < 4.78 is 0. The first-order valence-corrected chi connectivity index (χ1v) is 7.63. The van der Waals surface area contributed by atoms with Crippen LogP contribution < -0.4 is 10.0 Å². The van der Waals surface area contributed by atoms with E-state index in [9.17, 15) is 9.59 Å². The zero-order valence-corrected chi connectivity index (χ0v) is 13.2. The average Bonchev–Trinajstić information content (AvgIpc) is 2.86. The molecule has 0 unspecified atom stereocenters. The Morgan fingerprint density at radius 2 is 1.17 bits per heavy atom. The van der Waals surface area contributed by atoms with Gasteiger partial charge in [-0.1, -0.05) is 48.9 Å². The number of carbonyl (C=O) groups excluding carboxylic acids is 2. The van der Waals surface area contributed by atoms with Crippen LogP contribution in [0.4, 0.5) is 11.4 Å². The summed E-state index contributed by atoms with van der Waals surface area (Å²) in [6, 6.07) is 18.5. The van der Waals surface area contributed by atoms with E-state index in [0.717, 1.165) is 5.57 Å². The van der Waals surface area contributed by atoms with Crippen molar-refractivity contribution in [3.8, 4) is 0 Å². The molecule has 0 saturated carbocycles. The predicted molar refractivity (Wildman–Crippen MR) is 90.8 cm³/mol. The molecule has 1 saturated heterocycles. The number of benzene rings is 2. The second-order valence-electron chi connectivity index (χ2n) is 5.41. The van der Waals surface area contributed by atoms with Crippen molar-refractivity contribution in [3.63, 3.8) is 0 Å². The fourth-order valence-corrected chi connectivity index (χ4v) is 2.63. The van der Waals surface area contributed by atoms with Crippen molar-refractivity contribution in [2.45, 2.75) is 20.3 Å². The minimum atomic E-state index is -0.274. The Morgan fingerprint density at radius 1 is 0.783 bits per heavy atom. The van der Waals surface area contributed by atoms with E-state index in [1.165, 1.54) is 10.0 Å². The summed E-state index contributed by atoms with van der Waals surface area (Å²) in [6.07, 6.45) is 0.665. The number of hydrogen-bond acceptors (Lipinski definition) is 2. The molecule has 0 aliphatic carbocycles. The van der Waals surface area contributed by atoms with Gasteiger partial charge in [-0.2, -0.15) is 0 Å². The van der Waals surface area contributed by atoms with Crippen LogP contribution in [0.25, 0.3) is 0 Å². The van der Waals surface area contributed by atoms with Crippen LogP contribution in [0.3, 0.4) is 0 Å². The molecule has 4 nitrogen and oxygen atoms in total. The van der Waals surface area contributed by atoms with Crippen LogP contribution in [0, 0.1) is 0 Å². The van der Waals surface area contributed by atoms with Crippen molar-refractivity contribution in [1.29, 1.82) is 0 Å². The number of rotatable bonds is 3. The van der Waals surface area contributed by atoms with Gasteiger partial charge in [0, 0.05) is 0 Å². The summed E-state index contributed by atoms with van der Waals surface area (Å²) in [6.45, 7) is 3.78. The van der Waals surface area contributed by atoms with E-state index < -0.39 is 0 Å². The smallest absolute Gasteiger partial charge is 0.267 e. The third-order valence-electron chi connectivity index (χ3n) is 3.97. The second-order valence-corrected chi connectivity index (χ2v) is 5.41. The lowest BCUT2D eigenvalue weighted by atomic mass is 10.1. The fourth-order valence-electron chi connectivity index (χ4n) is 2.63. The van der Waals surface area contributed by atoms with Crippen LogP contribution in [0.15, 0.2) is 71.8 Å². The van der Waals surface area contributed by atoms with Crippen molar-refractivity contribution < 1.29 is 9.59 Å². The van der Waals surface area contributed by atoms with Gasteiger partial charge in [0.1, 0.15) is 5.57 Å². The lowest BCUT2D eigenvalue weighted by Gasteiger charge is -2.27. The van der Waals surface area contributed by atoms with Gasteiger partial charge in [0.2, 0.25) is 0 Å². The minimum absolute atomic E-state index is 0.264. The molecule has 1 heterocycles. The van der Waals surface area contributed by atoms with Crippen LogP contribution in [0.5, 0.6) is 0 Å². The van der Waals surface area contributed by atoms with Crippen LogP contribution in [-0.2, 0) is 9.59 Å². The van der Waals surface area contributed by atoms with E-state index in [4.69, 9.17) is 0 Å². The monoisotopic (exact) mass is 306 g/mol. The van der Waals surface area contributed by atoms with Gasteiger partial charge in [0.05, 0.1) is 11.4 Å². The van der Waals surface area contributed by atoms with Crippen molar-refractivity contribution in [2.75, 3.05) is 10.0 Å². The average molecular weight is 306 g/mol. The van der Waals surface area contributed by atoms with Gasteiger partial charge in [-0.05, 0) is 37.6 Å². The van der Waals surface area contributed by atoms with Gasteiger partial charge >= 0.3 is 0 Å². The standard InChI is InChI=1S/C19H18N2O2/c1-3-14(2)17-18(22)20(15-10-6-4-7-11-15)21(19(17)23)16-12-8-5-9-13-16/h4-13H,3H2,1-2H3. The van der Waals surface area contributed by atoms with Gasteiger partial charge in [0.25, 0.3) is 11.8 Å². The van der Waals surface area contributed by atoms with Crippen LogP contribution in [-0.4, -0.2) is 11.8 Å². The zero-order chi connectivity index (χ0) is 16.4. The van der Waals surface area contributed by atoms with Crippen molar-refractivity contribution in [2.24, 2.45) is 0 Å². The van der Waals surface area contributed by atoms with Gasteiger partial charge in [-0.3, -0.25) is 9.59 Å². The Labute approximate surface area is 135 Å². The highest BCUT2D eigenvalue weighted by molar-refractivity contribution is 6.36. The molecule has 3 rings (SSSR count). The topological polar surface area (TPSA) is 40.6 Å². The normalized spacial score (nSPS) is 14.6. The number of para-hydroxylation sites is 2. The summed E-state index contributed by atoms with van der Waals surface area (Å²) in [7, 11) is 0. The molecule has 1 aliphatic heterocycles. The maximum absolute atomic E-state index is 12.9. The molecule has 2 amide bonds. The Balaban J connectivity index is 2.18. The molecule has 0 aromatic heterocycles. The number of anilines is 2. The Hall–Kier alpha value is -2.88. The molecule has 0 bridgehead atoms. The number of allylic oxidation sites excluding steroid dienone is 1. The van der Waals surface area contributed by atoms with Gasteiger partial charge < -0.3 is 0 Å². The summed E-state index contributed by atoms with van der Waals surface area (Å²) in [5.41, 5.74) is 2.42. The zero-order valence-electron chi connectivity index (χ0n) is 13.2. The van der Waals surface area contributed by atoms with E-state index in [-0.39, 0.29) is 17.4 Å². The van der Waals surface area contributed by atoms with Gasteiger partial charge in [-0.25, -0.2) is 10.0 Å². The number of carbonyl (C=O) groups is 2. The lowest BCUT2D eigenvalue weighted by Crippen LogP contribution is -2.41. The second kappa shape index (κ2) is 6.08. The molecular weight excluding hydrogens is 288 g/mol. The third-order valence-corrected chi connectivity index (χ3v) is 3.97. The molecule has 0 spiro atoms. The summed E-state index contributed by atoms with van der Waals surface area (Å²) in [4.78, 5) is 25.8.